The van der Waals surface area contributed by atoms with Gasteiger partial charge in [0.05, 0.1) is 5.69 Å². The Labute approximate surface area is 119 Å². The summed E-state index contributed by atoms with van der Waals surface area (Å²) < 4.78 is 0. The lowest BCUT2D eigenvalue weighted by atomic mass is 10.0. The number of hydrogen-bond acceptors (Lipinski definition) is 4. The molecule has 1 aliphatic rings. The van der Waals surface area contributed by atoms with E-state index in [1.807, 2.05) is 36.4 Å². The molecule has 4 heteroatoms. The van der Waals surface area contributed by atoms with Crippen LogP contribution in [-0.4, -0.2) is 11.6 Å². The summed E-state index contributed by atoms with van der Waals surface area (Å²) in [6.07, 6.45) is 8.97. The highest BCUT2D eigenvalue weighted by Gasteiger charge is 2.22. The maximum Gasteiger partial charge on any atom is 0.169 e. The van der Waals surface area contributed by atoms with E-state index in [4.69, 9.17) is 5.73 Å². The number of anilines is 1. The summed E-state index contributed by atoms with van der Waals surface area (Å²) in [4.78, 5) is 12.0. The molecule has 0 saturated heterocycles. The molecule has 1 aromatic rings. The van der Waals surface area contributed by atoms with Gasteiger partial charge in [0.15, 0.2) is 5.78 Å². The minimum absolute atomic E-state index is 0.0244. The number of unbranched alkanes of at least 4 members (excludes halogenated alkanes) is 1. The molecular weight excluding hydrogens is 250 g/mol. The molecule has 0 fully saturated rings. The van der Waals surface area contributed by atoms with Crippen molar-refractivity contribution in [3.8, 4) is 0 Å². The molecule has 1 aromatic carbocycles. The standard InChI is InChI=1S/C16H19N3O/c1-2-3-5-10-15(20)14-11-12-19(18-16(14)17)13-8-6-4-7-9-13/h4-12,14H,2-3H2,1H3,(H2,17,18)/b10-5+. The number of nitrogens with zero attached hydrogens (tertiary/aromatic N) is 2. The summed E-state index contributed by atoms with van der Waals surface area (Å²) in [6.45, 7) is 2.07. The predicted octanol–water partition coefficient (Wildman–Crippen LogP) is 2.83. The lowest BCUT2D eigenvalue weighted by molar-refractivity contribution is -0.115. The number of ketones is 1. The molecule has 1 atom stereocenters. The van der Waals surface area contributed by atoms with E-state index in [1.165, 1.54) is 0 Å². The van der Waals surface area contributed by atoms with Gasteiger partial charge in [-0.05, 0) is 30.7 Å². The van der Waals surface area contributed by atoms with Gasteiger partial charge < -0.3 is 5.73 Å². The quantitative estimate of drug-likeness (QED) is 0.836. The van der Waals surface area contributed by atoms with Gasteiger partial charge in [-0.2, -0.15) is 5.10 Å². The smallest absolute Gasteiger partial charge is 0.169 e. The summed E-state index contributed by atoms with van der Waals surface area (Å²) in [6, 6.07) is 9.67. The van der Waals surface area contributed by atoms with Crippen molar-refractivity contribution in [2.24, 2.45) is 16.8 Å². The van der Waals surface area contributed by atoms with Gasteiger partial charge in [-0.3, -0.25) is 4.79 Å². The van der Waals surface area contributed by atoms with E-state index >= 15 is 0 Å². The molecule has 2 rings (SSSR count). The van der Waals surface area contributed by atoms with Gasteiger partial charge in [-0.25, -0.2) is 5.01 Å². The van der Waals surface area contributed by atoms with Gasteiger partial charge in [0.25, 0.3) is 0 Å². The van der Waals surface area contributed by atoms with Gasteiger partial charge in [0.2, 0.25) is 0 Å². The third-order valence-corrected chi connectivity index (χ3v) is 3.03. The van der Waals surface area contributed by atoms with Crippen molar-refractivity contribution in [2.45, 2.75) is 19.8 Å². The monoisotopic (exact) mass is 269 g/mol. The third kappa shape index (κ3) is 3.35. The fraction of sp³-hybridized carbons (Fsp3) is 0.250. The van der Waals surface area contributed by atoms with E-state index in [2.05, 4.69) is 12.0 Å². The van der Waals surface area contributed by atoms with Gasteiger partial charge in [-0.1, -0.05) is 37.6 Å². The van der Waals surface area contributed by atoms with E-state index in [0.29, 0.717) is 5.84 Å². The van der Waals surface area contributed by atoms with Crippen LogP contribution in [0.1, 0.15) is 19.8 Å². The summed E-state index contributed by atoms with van der Waals surface area (Å²) in [5.41, 5.74) is 6.83. The van der Waals surface area contributed by atoms with Crippen LogP contribution in [0.25, 0.3) is 0 Å². The lowest BCUT2D eigenvalue weighted by Gasteiger charge is -2.22. The molecular formula is C16H19N3O. The highest BCUT2D eigenvalue weighted by Crippen LogP contribution is 2.19. The molecule has 4 nitrogen and oxygen atoms in total. The molecule has 0 aliphatic carbocycles. The normalized spacial score (nSPS) is 18.4. The van der Waals surface area contributed by atoms with E-state index in [9.17, 15) is 4.79 Å². The topological polar surface area (TPSA) is 58.7 Å². The third-order valence-electron chi connectivity index (χ3n) is 3.03. The van der Waals surface area contributed by atoms with Crippen molar-refractivity contribution in [1.29, 1.82) is 0 Å². The van der Waals surface area contributed by atoms with Crippen molar-refractivity contribution in [1.82, 2.24) is 0 Å². The number of nitrogens with two attached hydrogens (primary N) is 1. The van der Waals surface area contributed by atoms with Gasteiger partial charge in [0, 0.05) is 6.20 Å². The van der Waals surface area contributed by atoms with E-state index in [-0.39, 0.29) is 5.78 Å². The molecule has 0 radical (unpaired) electrons. The molecule has 2 N–H and O–H groups in total. The highest BCUT2D eigenvalue weighted by atomic mass is 16.1. The number of para-hydroxylation sites is 1. The van der Waals surface area contributed by atoms with Crippen LogP contribution in [0.3, 0.4) is 0 Å². The first-order valence-corrected chi connectivity index (χ1v) is 6.79. The van der Waals surface area contributed by atoms with Crippen LogP contribution in [0.4, 0.5) is 5.69 Å². The molecule has 104 valence electrons. The Bertz CT molecular complexity index is 546. The Balaban J connectivity index is 2.08. The number of amidine groups is 1. The van der Waals surface area contributed by atoms with Crippen molar-refractivity contribution in [3.63, 3.8) is 0 Å². The Morgan fingerprint density at radius 3 is 2.80 bits per heavy atom. The second kappa shape index (κ2) is 6.70. The average molecular weight is 269 g/mol. The second-order valence-electron chi connectivity index (χ2n) is 4.62. The van der Waals surface area contributed by atoms with Crippen molar-refractivity contribution in [2.75, 3.05) is 5.01 Å². The molecule has 1 heterocycles. The fourth-order valence-corrected chi connectivity index (χ4v) is 1.92. The number of hydrogen-bond donors (Lipinski definition) is 1. The van der Waals surface area contributed by atoms with Crippen LogP contribution in [0.5, 0.6) is 0 Å². The highest BCUT2D eigenvalue weighted by molar-refractivity contribution is 6.10. The first-order chi connectivity index (χ1) is 9.72. The van der Waals surface area contributed by atoms with Crippen LogP contribution in [0.15, 0.2) is 59.9 Å². The average Bonchev–Trinajstić information content (AvgIpc) is 2.48. The molecule has 0 amide bonds. The largest absolute Gasteiger partial charge is 0.385 e. The van der Waals surface area contributed by atoms with Crippen LogP contribution >= 0.6 is 0 Å². The SMILES string of the molecule is CCC/C=C/C(=O)C1C=CN(c2ccccc2)N=C1N. The van der Waals surface area contributed by atoms with Crippen LogP contribution in [-0.2, 0) is 4.79 Å². The Hall–Kier alpha value is -2.36. The molecule has 20 heavy (non-hydrogen) atoms. The molecule has 1 unspecified atom stereocenters. The summed E-state index contributed by atoms with van der Waals surface area (Å²) >= 11 is 0. The van der Waals surface area contributed by atoms with E-state index < -0.39 is 5.92 Å². The van der Waals surface area contributed by atoms with Crippen molar-refractivity contribution < 1.29 is 4.79 Å². The number of carbonyl (C=O) groups is 1. The first-order valence-electron chi connectivity index (χ1n) is 6.79. The second-order valence-corrected chi connectivity index (χ2v) is 4.62. The molecule has 0 aromatic heterocycles. The number of carbonyl (C=O) groups excluding carboxylic acids is 1. The molecule has 0 bridgehead atoms. The fourth-order valence-electron chi connectivity index (χ4n) is 1.92. The minimum Gasteiger partial charge on any atom is -0.385 e. The van der Waals surface area contributed by atoms with Crippen molar-refractivity contribution >= 4 is 17.3 Å². The van der Waals surface area contributed by atoms with Gasteiger partial charge in [-0.15, -0.1) is 0 Å². The first kappa shape index (κ1) is 14.1. The van der Waals surface area contributed by atoms with Gasteiger partial charge in [0.1, 0.15) is 11.8 Å². The summed E-state index contributed by atoms with van der Waals surface area (Å²) in [7, 11) is 0. The van der Waals surface area contributed by atoms with Gasteiger partial charge >= 0.3 is 0 Å². The number of benzene rings is 1. The predicted molar refractivity (Wildman–Crippen MR) is 82.2 cm³/mol. The Kier molecular flexibility index (Phi) is 4.71. The number of hydrazone groups is 1. The number of allylic oxidation sites excluding steroid dienone is 2. The van der Waals surface area contributed by atoms with Crippen LogP contribution in [0.2, 0.25) is 0 Å². The van der Waals surface area contributed by atoms with Crippen LogP contribution < -0.4 is 10.7 Å². The lowest BCUT2D eigenvalue weighted by Crippen LogP contribution is -2.34. The van der Waals surface area contributed by atoms with Crippen LogP contribution in [0, 0.1) is 5.92 Å². The maximum atomic E-state index is 12.0. The molecule has 1 aliphatic heterocycles. The van der Waals surface area contributed by atoms with E-state index in [0.717, 1.165) is 18.5 Å². The Morgan fingerprint density at radius 2 is 2.15 bits per heavy atom. The summed E-state index contributed by atoms with van der Waals surface area (Å²) in [5, 5.41) is 5.94. The maximum absolute atomic E-state index is 12.0. The zero-order valence-electron chi connectivity index (χ0n) is 11.6. The zero-order chi connectivity index (χ0) is 14.4. The Morgan fingerprint density at radius 1 is 1.40 bits per heavy atom. The van der Waals surface area contributed by atoms with Crippen molar-refractivity contribution in [3.05, 3.63) is 54.8 Å². The minimum atomic E-state index is -0.455. The zero-order valence-corrected chi connectivity index (χ0v) is 11.6. The number of rotatable bonds is 5. The molecule has 0 spiro atoms. The molecule has 0 saturated carbocycles. The van der Waals surface area contributed by atoms with E-state index in [1.54, 1.807) is 23.4 Å². The summed E-state index contributed by atoms with van der Waals surface area (Å²) in [5.74, 6) is -0.158.